The minimum atomic E-state index is -1.57. The minimum Gasteiger partial charge on any atom is -0.480 e. The van der Waals surface area contributed by atoms with Crippen molar-refractivity contribution in [2.24, 2.45) is 0 Å². The zero-order valence-electron chi connectivity index (χ0n) is 9.24. The molecule has 1 aromatic rings. The number of halogens is 1. The summed E-state index contributed by atoms with van der Waals surface area (Å²) in [6, 6.07) is -0.547. The van der Waals surface area contributed by atoms with Gasteiger partial charge >= 0.3 is 11.7 Å². The number of amides is 1. The third-order valence-corrected chi connectivity index (χ3v) is 2.37. The Bertz CT molecular complexity index is 535. The monoisotopic (exact) mass is 289 g/mol. The van der Waals surface area contributed by atoms with Gasteiger partial charge in [-0.3, -0.25) is 14.9 Å². The zero-order valence-corrected chi connectivity index (χ0v) is 9.99. The van der Waals surface area contributed by atoms with E-state index in [0.717, 1.165) is 12.3 Å². The topological polar surface area (TPSA) is 143 Å². The Morgan fingerprint density at radius 2 is 2.21 bits per heavy atom. The lowest BCUT2D eigenvalue weighted by Gasteiger charge is -2.11. The fraction of sp³-hybridized carbons (Fsp3) is 0.222. The van der Waals surface area contributed by atoms with Crippen molar-refractivity contribution in [1.29, 1.82) is 0 Å². The smallest absolute Gasteiger partial charge is 0.328 e. The van der Waals surface area contributed by atoms with Crippen molar-refractivity contribution >= 4 is 29.2 Å². The predicted octanol–water partition coefficient (Wildman–Crippen LogP) is -0.182. The van der Waals surface area contributed by atoms with Crippen LogP contribution in [0.1, 0.15) is 10.4 Å². The number of aliphatic hydroxyl groups excluding tert-OH is 1. The van der Waals surface area contributed by atoms with Crippen LogP contribution in [0.25, 0.3) is 0 Å². The van der Waals surface area contributed by atoms with Gasteiger partial charge in [0, 0.05) is 6.20 Å². The molecule has 3 N–H and O–H groups in total. The molecule has 0 fully saturated rings. The summed E-state index contributed by atoms with van der Waals surface area (Å²) in [6.45, 7) is -0.853. The molecule has 0 unspecified atom stereocenters. The van der Waals surface area contributed by atoms with Crippen molar-refractivity contribution < 1.29 is 24.7 Å². The number of hydrogen-bond donors (Lipinski definition) is 3. The van der Waals surface area contributed by atoms with Gasteiger partial charge in [-0.25, -0.2) is 9.78 Å². The molecule has 1 atom stereocenters. The van der Waals surface area contributed by atoms with Crippen LogP contribution in [0.4, 0.5) is 5.69 Å². The normalized spacial score (nSPS) is 11.7. The summed E-state index contributed by atoms with van der Waals surface area (Å²) < 4.78 is 0. The summed E-state index contributed by atoms with van der Waals surface area (Å²) in [6.07, 6.45) is 1.07. The molecule has 0 spiro atoms. The number of nitro groups is 1. The van der Waals surface area contributed by atoms with Crippen molar-refractivity contribution in [3.63, 3.8) is 0 Å². The van der Waals surface area contributed by atoms with Crippen molar-refractivity contribution in [1.82, 2.24) is 10.3 Å². The summed E-state index contributed by atoms with van der Waals surface area (Å²) in [5.41, 5.74) is -1.17. The van der Waals surface area contributed by atoms with E-state index in [9.17, 15) is 19.7 Å². The van der Waals surface area contributed by atoms with Crippen LogP contribution in [0.3, 0.4) is 0 Å². The molecule has 0 saturated heterocycles. The van der Waals surface area contributed by atoms with E-state index in [4.69, 9.17) is 21.8 Å². The molecule has 10 heteroatoms. The second kappa shape index (κ2) is 6.07. The fourth-order valence-electron chi connectivity index (χ4n) is 1.21. The van der Waals surface area contributed by atoms with Gasteiger partial charge in [-0.1, -0.05) is 11.6 Å². The van der Waals surface area contributed by atoms with Gasteiger partial charge in [-0.2, -0.15) is 0 Å². The maximum Gasteiger partial charge on any atom is 0.328 e. The molecule has 1 amide bonds. The number of carboxylic acids is 1. The molecule has 102 valence electrons. The summed E-state index contributed by atoms with van der Waals surface area (Å²) in [5.74, 6) is -2.52. The molecule has 0 radical (unpaired) electrons. The van der Waals surface area contributed by atoms with Crippen molar-refractivity contribution in [2.45, 2.75) is 6.04 Å². The average Bonchev–Trinajstić information content (AvgIpc) is 2.34. The van der Waals surface area contributed by atoms with Crippen molar-refractivity contribution in [2.75, 3.05) is 6.61 Å². The Labute approximate surface area is 111 Å². The van der Waals surface area contributed by atoms with Crippen LogP contribution in [0.5, 0.6) is 0 Å². The van der Waals surface area contributed by atoms with Crippen LogP contribution in [0.15, 0.2) is 12.3 Å². The molecule has 0 aliphatic carbocycles. The number of hydrogen-bond acceptors (Lipinski definition) is 6. The second-order valence-electron chi connectivity index (χ2n) is 3.30. The molecular weight excluding hydrogens is 282 g/mol. The number of nitrogens with one attached hydrogen (secondary N) is 1. The van der Waals surface area contributed by atoms with Crippen molar-refractivity contribution in [3.05, 3.63) is 33.1 Å². The second-order valence-corrected chi connectivity index (χ2v) is 3.66. The lowest BCUT2D eigenvalue weighted by atomic mass is 10.2. The Kier molecular flexibility index (Phi) is 4.73. The maximum atomic E-state index is 11.7. The van der Waals surface area contributed by atoms with E-state index in [0.29, 0.717) is 0 Å². The lowest BCUT2D eigenvalue weighted by Crippen LogP contribution is -2.43. The number of nitrogens with zero attached hydrogens (tertiary/aromatic N) is 2. The predicted molar refractivity (Wildman–Crippen MR) is 61.9 cm³/mol. The van der Waals surface area contributed by atoms with Crippen LogP contribution < -0.4 is 5.32 Å². The van der Waals surface area contributed by atoms with Crippen molar-refractivity contribution in [3.8, 4) is 0 Å². The van der Waals surface area contributed by atoms with Crippen LogP contribution >= 0.6 is 11.6 Å². The highest BCUT2D eigenvalue weighted by molar-refractivity contribution is 6.32. The maximum absolute atomic E-state index is 11.7. The Morgan fingerprint density at radius 3 is 2.68 bits per heavy atom. The third-order valence-electron chi connectivity index (χ3n) is 2.09. The van der Waals surface area contributed by atoms with E-state index < -0.39 is 45.9 Å². The van der Waals surface area contributed by atoms with Gasteiger partial charge in [0.2, 0.25) is 5.15 Å². The first-order chi connectivity index (χ1) is 8.88. The van der Waals surface area contributed by atoms with E-state index in [2.05, 4.69) is 4.98 Å². The van der Waals surface area contributed by atoms with Gasteiger partial charge in [-0.05, 0) is 6.07 Å². The van der Waals surface area contributed by atoms with Crippen LogP contribution in [0.2, 0.25) is 5.15 Å². The number of carboxylic acid groups (broad SMARTS) is 1. The number of aliphatic hydroxyl groups is 1. The molecule has 1 aromatic heterocycles. The molecule has 1 heterocycles. The highest BCUT2D eigenvalue weighted by atomic mass is 35.5. The fourth-order valence-corrected chi connectivity index (χ4v) is 1.43. The molecule has 0 aliphatic rings. The first-order valence-corrected chi connectivity index (χ1v) is 5.19. The van der Waals surface area contributed by atoms with E-state index in [1.807, 2.05) is 5.32 Å². The zero-order chi connectivity index (χ0) is 14.6. The average molecular weight is 290 g/mol. The number of rotatable bonds is 5. The summed E-state index contributed by atoms with van der Waals surface area (Å²) in [7, 11) is 0. The first-order valence-electron chi connectivity index (χ1n) is 4.82. The van der Waals surface area contributed by atoms with E-state index in [1.54, 1.807) is 0 Å². The SMILES string of the molecule is O=C(N[C@@H](CO)C(=O)O)c1ccnc(Cl)c1[N+](=O)[O-]. The molecule has 9 nitrogen and oxygen atoms in total. The molecular formula is C9H8ClN3O6. The molecule has 0 bridgehead atoms. The highest BCUT2D eigenvalue weighted by Gasteiger charge is 2.27. The summed E-state index contributed by atoms with van der Waals surface area (Å²) in [4.78, 5) is 35.7. The number of pyridine rings is 1. The lowest BCUT2D eigenvalue weighted by molar-refractivity contribution is -0.385. The number of aromatic nitrogens is 1. The number of carbonyl (C=O) groups excluding carboxylic acids is 1. The number of carbonyl (C=O) groups is 2. The van der Waals surface area contributed by atoms with Crippen LogP contribution in [0, 0.1) is 10.1 Å². The van der Waals surface area contributed by atoms with Gasteiger partial charge < -0.3 is 15.5 Å². The Balaban J connectivity index is 3.10. The molecule has 0 aliphatic heterocycles. The van der Waals surface area contributed by atoms with E-state index in [-0.39, 0.29) is 0 Å². The third kappa shape index (κ3) is 3.36. The first kappa shape index (κ1) is 14.8. The van der Waals surface area contributed by atoms with Gasteiger partial charge in [0.1, 0.15) is 5.56 Å². The highest BCUT2D eigenvalue weighted by Crippen LogP contribution is 2.25. The molecule has 19 heavy (non-hydrogen) atoms. The van der Waals surface area contributed by atoms with Crippen LogP contribution in [-0.2, 0) is 4.79 Å². The van der Waals surface area contributed by atoms with Gasteiger partial charge in [0.05, 0.1) is 11.5 Å². The largest absolute Gasteiger partial charge is 0.480 e. The molecule has 1 rings (SSSR count). The molecule has 0 aromatic carbocycles. The summed E-state index contributed by atoms with van der Waals surface area (Å²) in [5, 5.41) is 29.6. The van der Waals surface area contributed by atoms with Gasteiger partial charge in [0.25, 0.3) is 5.91 Å². The quantitative estimate of drug-likeness (QED) is 0.387. The number of aliphatic carboxylic acids is 1. The Hall–Kier alpha value is -2.26. The van der Waals surface area contributed by atoms with Gasteiger partial charge in [-0.15, -0.1) is 0 Å². The summed E-state index contributed by atoms with van der Waals surface area (Å²) >= 11 is 5.50. The van der Waals surface area contributed by atoms with E-state index in [1.165, 1.54) is 0 Å². The minimum absolute atomic E-state index is 0.440. The van der Waals surface area contributed by atoms with Crippen LogP contribution in [-0.4, -0.2) is 44.6 Å². The molecule has 0 saturated carbocycles. The Morgan fingerprint density at radius 1 is 1.58 bits per heavy atom. The van der Waals surface area contributed by atoms with Gasteiger partial charge in [0.15, 0.2) is 6.04 Å². The van der Waals surface area contributed by atoms with E-state index >= 15 is 0 Å². The standard InChI is InChI=1S/C9H8ClN3O6/c10-7-6(13(18)19)4(1-2-11-7)8(15)12-5(3-14)9(16)17/h1-2,5,14H,3H2,(H,12,15)(H,16,17)/t5-/m0/s1.